The van der Waals surface area contributed by atoms with Crippen molar-refractivity contribution in [1.29, 1.82) is 0 Å². The van der Waals surface area contributed by atoms with Crippen LogP contribution in [-0.2, 0) is 54.3 Å². The second kappa shape index (κ2) is 21.4. The van der Waals surface area contributed by atoms with Gasteiger partial charge >= 0.3 is 112 Å². The van der Waals surface area contributed by atoms with E-state index in [1.54, 1.807) is 27.4 Å². The summed E-state index contributed by atoms with van der Waals surface area (Å²) in [6, 6.07) is 63.8. The molecule has 8 aromatic rings. The first kappa shape index (κ1) is 48.5. The van der Waals surface area contributed by atoms with E-state index in [1.165, 1.54) is 88.3 Å². The first-order chi connectivity index (χ1) is 29.9. The third-order valence-electron chi connectivity index (χ3n) is 11.9. The predicted molar refractivity (Wildman–Crippen MR) is 264 cm³/mol. The van der Waals surface area contributed by atoms with Crippen LogP contribution in [0.2, 0.25) is 0 Å². The fraction of sp³-hybridized carbons (Fsp3) is 0.197. The molecule has 0 saturated heterocycles. The first-order valence-electron chi connectivity index (χ1n) is 22.0. The monoisotopic (exact) mass is 948 g/mol. The third-order valence-corrected chi connectivity index (χ3v) is 12.8. The van der Waals surface area contributed by atoms with E-state index in [9.17, 15) is 0 Å². The molecule has 0 bridgehead atoms. The van der Waals surface area contributed by atoms with Gasteiger partial charge in [0.1, 0.15) is 0 Å². The van der Waals surface area contributed by atoms with E-state index in [-0.39, 0.29) is 35.6 Å². The standard InChI is InChI=1S/C41H37.C15H14.C5H5.2ClH.Zr/c1-40(2,3)38-24-34-28(22-36(38)32-19-11-15-26-13-7-9-17-30(26)32)21-29-23-37(39(25-35(29)34)41(4,5)6)33-20-12-16-27-14-8-10-18-31(27)33;1-3-8-14(9-4-1)12-7-13-15-10-5-2-6-11-15;1-2-4-5-3-1;;;/h7-20,22,24-25H,21H2,1-6H3;1-6,8-11H,12-13H2;1-3H,4H2;2*1H;/q-1;;-1;;;+2/p-2. The normalized spacial score (nSPS) is 12.2. The van der Waals surface area contributed by atoms with E-state index in [2.05, 4.69) is 224 Å². The summed E-state index contributed by atoms with van der Waals surface area (Å²) < 4.78 is 1.60. The number of rotatable bonds is 6. The Balaban J connectivity index is 0.000000245. The average molecular weight is 951 g/mol. The van der Waals surface area contributed by atoms with E-state index in [4.69, 9.17) is 0 Å². The van der Waals surface area contributed by atoms with Crippen LogP contribution in [-0.4, -0.2) is 3.21 Å². The molecule has 0 aliphatic heterocycles. The Labute approximate surface area is 409 Å². The Hall–Kier alpha value is -4.91. The molecule has 2 aliphatic rings. The molecule has 0 aromatic heterocycles. The summed E-state index contributed by atoms with van der Waals surface area (Å²) in [5.74, 6) is 0. The van der Waals surface area contributed by atoms with Crippen molar-refractivity contribution < 1.29 is 49.0 Å². The number of hydrogen-bond donors (Lipinski definition) is 0. The minimum atomic E-state index is -0.0175. The van der Waals surface area contributed by atoms with E-state index >= 15 is 0 Å². The van der Waals surface area contributed by atoms with Crippen LogP contribution >= 0.6 is 0 Å². The van der Waals surface area contributed by atoms with Crippen molar-refractivity contribution in [2.24, 2.45) is 0 Å². The maximum atomic E-state index is 4.00. The van der Waals surface area contributed by atoms with E-state index < -0.39 is 0 Å². The van der Waals surface area contributed by atoms with Crippen LogP contribution < -0.4 is 24.8 Å². The van der Waals surface area contributed by atoms with E-state index in [1.807, 2.05) is 12.2 Å². The second-order valence-corrected chi connectivity index (χ2v) is 20.4. The fourth-order valence-electron chi connectivity index (χ4n) is 8.84. The molecule has 0 N–H and O–H groups in total. The Morgan fingerprint density at radius 2 is 1.02 bits per heavy atom. The molecule has 0 atom stereocenters. The molecule has 320 valence electrons. The fourth-order valence-corrected chi connectivity index (χ4v) is 9.84. The van der Waals surface area contributed by atoms with Crippen LogP contribution in [0.5, 0.6) is 0 Å². The first-order valence-corrected chi connectivity index (χ1v) is 23.3. The summed E-state index contributed by atoms with van der Waals surface area (Å²) >= 11 is 1.55. The van der Waals surface area contributed by atoms with Gasteiger partial charge in [-0.1, -0.05) is 161 Å². The van der Waals surface area contributed by atoms with Gasteiger partial charge in [-0.3, -0.25) is 6.08 Å². The SMILES string of the molecule is CC(C)(C)c1cc2c([c-]c1-c1cccc3ccccc13)Cc1cc(-c3cccc4ccccc34)c(C(C)(C)C)cc1-2.[C-]1=CC=CC1.[Cl-].[Cl-].[Zr+2]=[C](Cc1ccccc1)Cc1ccccc1. The number of fused-ring (bicyclic) bond motifs is 5. The van der Waals surface area contributed by atoms with Crippen LogP contribution in [0, 0.1) is 12.1 Å². The predicted octanol–water partition coefficient (Wildman–Crippen LogP) is 9.80. The van der Waals surface area contributed by atoms with Crippen LogP contribution in [0.3, 0.4) is 0 Å². The van der Waals surface area contributed by atoms with Gasteiger partial charge in [0.2, 0.25) is 0 Å². The molecule has 0 saturated carbocycles. The number of hydrogen-bond acceptors (Lipinski definition) is 0. The number of allylic oxidation sites excluding steroid dienone is 4. The summed E-state index contributed by atoms with van der Waals surface area (Å²) in [5, 5.41) is 5.17. The molecule has 0 nitrogen and oxygen atoms in total. The van der Waals surface area contributed by atoms with Crippen LogP contribution in [0.25, 0.3) is 54.9 Å². The van der Waals surface area contributed by atoms with Crippen molar-refractivity contribution in [3.8, 4) is 33.4 Å². The van der Waals surface area contributed by atoms with Crippen LogP contribution in [0.1, 0.15) is 81.3 Å². The Bertz CT molecular complexity index is 2720. The minimum absolute atomic E-state index is 0. The molecule has 0 amide bonds. The molecule has 0 radical (unpaired) electrons. The van der Waals surface area contributed by atoms with Gasteiger partial charge < -0.3 is 24.8 Å². The van der Waals surface area contributed by atoms with Crippen molar-refractivity contribution in [3.63, 3.8) is 0 Å². The average Bonchev–Trinajstić information content (AvgIpc) is 3.98. The number of benzene rings is 8. The Kier molecular flexibility index (Phi) is 16.2. The van der Waals surface area contributed by atoms with Gasteiger partial charge in [-0.15, -0.1) is 35.2 Å². The summed E-state index contributed by atoms with van der Waals surface area (Å²) in [6.45, 7) is 14.0. The number of halogens is 2. The van der Waals surface area contributed by atoms with Crippen molar-refractivity contribution in [2.75, 3.05) is 0 Å². The van der Waals surface area contributed by atoms with E-state index in [0.717, 1.165) is 25.7 Å². The van der Waals surface area contributed by atoms with Gasteiger partial charge in [0.25, 0.3) is 0 Å². The Morgan fingerprint density at radius 3 is 1.53 bits per heavy atom. The van der Waals surface area contributed by atoms with Crippen molar-refractivity contribution in [3.05, 3.63) is 228 Å². The molecule has 0 spiro atoms. The van der Waals surface area contributed by atoms with Gasteiger partial charge in [-0.25, -0.2) is 12.2 Å². The van der Waals surface area contributed by atoms with Gasteiger partial charge in [0, 0.05) is 0 Å². The Morgan fingerprint density at radius 1 is 0.516 bits per heavy atom. The summed E-state index contributed by atoms with van der Waals surface area (Å²) in [7, 11) is 0. The van der Waals surface area contributed by atoms with Gasteiger partial charge in [0.15, 0.2) is 0 Å². The molecule has 0 heterocycles. The third kappa shape index (κ3) is 11.3. The topological polar surface area (TPSA) is 0 Å². The van der Waals surface area contributed by atoms with Crippen LogP contribution in [0.4, 0.5) is 0 Å². The summed E-state index contributed by atoms with van der Waals surface area (Å²) in [4.78, 5) is 0. The van der Waals surface area contributed by atoms with Crippen molar-refractivity contribution in [2.45, 2.75) is 78.1 Å². The summed E-state index contributed by atoms with van der Waals surface area (Å²) in [5.41, 5.74) is 16.2. The second-order valence-electron chi connectivity index (χ2n) is 18.7. The molecule has 0 fully saturated rings. The zero-order chi connectivity index (χ0) is 43.3. The van der Waals surface area contributed by atoms with Crippen LogP contribution in [0.15, 0.2) is 182 Å². The zero-order valence-electron chi connectivity index (χ0n) is 37.9. The molecule has 2 aliphatic carbocycles. The van der Waals surface area contributed by atoms with Crippen molar-refractivity contribution in [1.82, 2.24) is 0 Å². The zero-order valence-corrected chi connectivity index (χ0v) is 41.9. The van der Waals surface area contributed by atoms with Crippen molar-refractivity contribution >= 4 is 24.8 Å². The molecule has 64 heavy (non-hydrogen) atoms. The molecule has 3 heteroatoms. The molecule has 0 unspecified atom stereocenters. The molecule has 10 rings (SSSR count). The molecular weight excluding hydrogens is 895 g/mol. The summed E-state index contributed by atoms with van der Waals surface area (Å²) in [6.07, 6.45) is 13.1. The molecule has 8 aromatic carbocycles. The molecular formula is C61H56Cl2Zr-2. The van der Waals surface area contributed by atoms with Gasteiger partial charge in [0.05, 0.1) is 0 Å². The van der Waals surface area contributed by atoms with Gasteiger partial charge in [-0.2, -0.15) is 6.08 Å². The van der Waals surface area contributed by atoms with E-state index in [0.29, 0.717) is 0 Å². The maximum absolute atomic E-state index is 4.00. The van der Waals surface area contributed by atoms with Gasteiger partial charge in [-0.05, 0) is 55.7 Å². The quantitative estimate of drug-likeness (QED) is 0.146.